The molecule has 2 heterocycles. The molecule has 0 radical (unpaired) electrons. The summed E-state index contributed by atoms with van der Waals surface area (Å²) < 4.78 is 25.6. The van der Waals surface area contributed by atoms with Gasteiger partial charge >= 0.3 is 0 Å². The molecular formula is C12H19N3O3S2. The lowest BCUT2D eigenvalue weighted by Crippen LogP contribution is -2.34. The minimum Gasteiger partial charge on any atom is -0.335 e. The van der Waals surface area contributed by atoms with Crippen LogP contribution in [-0.2, 0) is 10.0 Å². The highest BCUT2D eigenvalue weighted by atomic mass is 32.2. The van der Waals surface area contributed by atoms with Gasteiger partial charge in [0, 0.05) is 18.0 Å². The van der Waals surface area contributed by atoms with E-state index in [0.717, 1.165) is 17.8 Å². The maximum Gasteiger partial charge on any atom is 0.264 e. The fourth-order valence-corrected chi connectivity index (χ4v) is 4.39. The molecule has 2 atom stereocenters. The number of nitrogens with zero attached hydrogens (tertiary/aromatic N) is 1. The quantitative estimate of drug-likeness (QED) is 0.844. The van der Waals surface area contributed by atoms with Crippen LogP contribution in [0.3, 0.4) is 0 Å². The highest BCUT2D eigenvalue weighted by Crippen LogP contribution is 2.27. The molecule has 1 amide bonds. The van der Waals surface area contributed by atoms with E-state index >= 15 is 0 Å². The van der Waals surface area contributed by atoms with Gasteiger partial charge in [-0.15, -0.1) is 11.3 Å². The first-order valence-electron chi connectivity index (χ1n) is 6.42. The van der Waals surface area contributed by atoms with E-state index in [-0.39, 0.29) is 16.8 Å². The lowest BCUT2D eigenvalue weighted by atomic mass is 10.1. The van der Waals surface area contributed by atoms with Crippen LogP contribution in [0.5, 0.6) is 0 Å². The monoisotopic (exact) mass is 317 g/mol. The van der Waals surface area contributed by atoms with Crippen LogP contribution in [0.1, 0.15) is 23.0 Å². The van der Waals surface area contributed by atoms with Crippen molar-refractivity contribution in [3.8, 4) is 0 Å². The molecule has 112 valence electrons. The van der Waals surface area contributed by atoms with Gasteiger partial charge in [0.25, 0.3) is 5.91 Å². The van der Waals surface area contributed by atoms with Crippen molar-refractivity contribution in [1.82, 2.24) is 9.62 Å². The van der Waals surface area contributed by atoms with Gasteiger partial charge in [0.2, 0.25) is 10.0 Å². The molecule has 1 aliphatic heterocycles. The van der Waals surface area contributed by atoms with E-state index < -0.39 is 10.0 Å². The second-order valence-electron chi connectivity index (χ2n) is 5.00. The number of nitrogens with two attached hydrogens (primary N) is 1. The zero-order chi connectivity index (χ0) is 14.9. The maximum absolute atomic E-state index is 12.4. The zero-order valence-electron chi connectivity index (χ0n) is 11.5. The predicted molar refractivity (Wildman–Crippen MR) is 78.2 cm³/mol. The van der Waals surface area contributed by atoms with Crippen LogP contribution in [0.15, 0.2) is 16.3 Å². The minimum atomic E-state index is -3.49. The molecular weight excluding hydrogens is 298 g/mol. The Kier molecular flexibility index (Phi) is 4.48. The first kappa shape index (κ1) is 15.4. The molecule has 1 saturated heterocycles. The summed E-state index contributed by atoms with van der Waals surface area (Å²) in [6, 6.07) is 1.57. The molecule has 6 nitrogen and oxygen atoms in total. The third kappa shape index (κ3) is 2.88. The van der Waals surface area contributed by atoms with E-state index in [1.54, 1.807) is 4.90 Å². The van der Waals surface area contributed by atoms with E-state index in [1.807, 2.05) is 6.92 Å². The van der Waals surface area contributed by atoms with Crippen LogP contribution in [0, 0.1) is 5.92 Å². The lowest BCUT2D eigenvalue weighted by molar-refractivity contribution is 0.0748. The topological polar surface area (TPSA) is 92.5 Å². The normalized spacial score (nSPS) is 23.2. The smallest absolute Gasteiger partial charge is 0.264 e. The number of amides is 1. The highest BCUT2D eigenvalue weighted by molar-refractivity contribution is 7.89. The van der Waals surface area contributed by atoms with E-state index in [2.05, 4.69) is 4.72 Å². The molecule has 1 aromatic rings. The molecule has 0 aromatic carbocycles. The van der Waals surface area contributed by atoms with Crippen molar-refractivity contribution in [2.75, 3.05) is 20.1 Å². The number of nitrogens with one attached hydrogen (secondary N) is 1. The van der Waals surface area contributed by atoms with Crippen LogP contribution in [0.4, 0.5) is 0 Å². The van der Waals surface area contributed by atoms with Crippen LogP contribution in [0.25, 0.3) is 0 Å². The first-order valence-corrected chi connectivity index (χ1v) is 8.78. The third-order valence-electron chi connectivity index (χ3n) is 3.62. The second-order valence-corrected chi connectivity index (χ2v) is 7.80. The maximum atomic E-state index is 12.4. The van der Waals surface area contributed by atoms with Crippen LogP contribution in [-0.4, -0.2) is 45.4 Å². The Bertz CT molecular complexity index is 597. The number of sulfonamides is 1. The molecule has 0 bridgehead atoms. The minimum absolute atomic E-state index is 0.115. The number of carbonyl (C=O) groups is 1. The van der Waals surface area contributed by atoms with E-state index in [4.69, 9.17) is 5.73 Å². The van der Waals surface area contributed by atoms with Gasteiger partial charge in [-0.3, -0.25) is 4.79 Å². The summed E-state index contributed by atoms with van der Waals surface area (Å²) in [5, 5.41) is 1.49. The van der Waals surface area contributed by atoms with Crippen molar-refractivity contribution >= 4 is 27.3 Å². The standard InChI is InChI=1S/C12H19N3O3S2/c1-8-3-9(5-13)6-15(8)12(16)11-4-10(7-19-11)20(17,18)14-2/h4,7-9,14H,3,5-6,13H2,1-2H3. The van der Waals surface area contributed by atoms with Gasteiger partial charge in [-0.1, -0.05) is 0 Å². The summed E-state index contributed by atoms with van der Waals surface area (Å²) in [4.78, 5) is 14.8. The largest absolute Gasteiger partial charge is 0.335 e. The van der Waals surface area contributed by atoms with Crippen molar-refractivity contribution in [2.45, 2.75) is 24.3 Å². The number of carbonyl (C=O) groups excluding carboxylic acids is 1. The van der Waals surface area contributed by atoms with Crippen LogP contribution < -0.4 is 10.5 Å². The average Bonchev–Trinajstić information content (AvgIpc) is 3.04. The molecule has 1 aliphatic rings. The first-order chi connectivity index (χ1) is 9.39. The van der Waals surface area contributed by atoms with Gasteiger partial charge in [-0.25, -0.2) is 13.1 Å². The number of likely N-dealkylation sites (tertiary alicyclic amines) is 1. The number of hydrogen-bond donors (Lipinski definition) is 2. The van der Waals surface area contributed by atoms with Gasteiger partial charge in [0.1, 0.15) is 0 Å². The predicted octanol–water partition coefficient (Wildman–Crippen LogP) is 0.465. The summed E-state index contributed by atoms with van der Waals surface area (Å²) in [6.07, 6.45) is 0.898. The molecule has 1 fully saturated rings. The van der Waals surface area contributed by atoms with Gasteiger partial charge < -0.3 is 10.6 Å². The molecule has 8 heteroatoms. The van der Waals surface area contributed by atoms with Crippen LogP contribution >= 0.6 is 11.3 Å². The summed E-state index contributed by atoms with van der Waals surface area (Å²) >= 11 is 1.16. The number of hydrogen-bond acceptors (Lipinski definition) is 5. The molecule has 0 aliphatic carbocycles. The molecule has 20 heavy (non-hydrogen) atoms. The summed E-state index contributed by atoms with van der Waals surface area (Å²) in [6.45, 7) is 3.20. The summed E-state index contributed by atoms with van der Waals surface area (Å²) in [5.74, 6) is 0.213. The van der Waals surface area contributed by atoms with Gasteiger partial charge in [-0.05, 0) is 38.9 Å². The van der Waals surface area contributed by atoms with E-state index in [0.29, 0.717) is 23.9 Å². The number of rotatable bonds is 4. The molecule has 0 saturated carbocycles. The summed E-state index contributed by atoms with van der Waals surface area (Å²) in [7, 11) is -2.14. The van der Waals surface area contributed by atoms with E-state index in [1.165, 1.54) is 18.5 Å². The third-order valence-corrected chi connectivity index (χ3v) is 6.08. The van der Waals surface area contributed by atoms with Gasteiger partial charge in [-0.2, -0.15) is 0 Å². The summed E-state index contributed by atoms with van der Waals surface area (Å²) in [5.41, 5.74) is 5.65. The van der Waals surface area contributed by atoms with Gasteiger partial charge in [0.05, 0.1) is 9.77 Å². The van der Waals surface area contributed by atoms with Crippen molar-refractivity contribution in [2.24, 2.45) is 11.7 Å². The van der Waals surface area contributed by atoms with E-state index in [9.17, 15) is 13.2 Å². The van der Waals surface area contributed by atoms with Crippen molar-refractivity contribution in [1.29, 1.82) is 0 Å². The molecule has 2 rings (SSSR count). The fourth-order valence-electron chi connectivity index (χ4n) is 2.43. The number of thiophene rings is 1. The highest BCUT2D eigenvalue weighted by Gasteiger charge is 2.33. The Hall–Kier alpha value is -0.960. The van der Waals surface area contributed by atoms with Crippen molar-refractivity contribution in [3.05, 3.63) is 16.3 Å². The Morgan fingerprint density at radius 3 is 2.85 bits per heavy atom. The average molecular weight is 317 g/mol. The molecule has 1 aromatic heterocycles. The SMILES string of the molecule is CNS(=O)(=O)c1csc(C(=O)N2CC(CN)CC2C)c1. The molecule has 0 spiro atoms. The van der Waals surface area contributed by atoms with Crippen molar-refractivity contribution in [3.63, 3.8) is 0 Å². The second kappa shape index (κ2) is 5.80. The Labute approximate surface area is 123 Å². The Morgan fingerprint density at radius 2 is 2.30 bits per heavy atom. The Morgan fingerprint density at radius 1 is 1.60 bits per heavy atom. The van der Waals surface area contributed by atoms with Gasteiger partial charge in [0.15, 0.2) is 0 Å². The molecule has 3 N–H and O–H groups in total. The molecule has 2 unspecified atom stereocenters. The lowest BCUT2D eigenvalue weighted by Gasteiger charge is -2.20. The van der Waals surface area contributed by atoms with Crippen LogP contribution in [0.2, 0.25) is 0 Å². The zero-order valence-corrected chi connectivity index (χ0v) is 13.1. The fraction of sp³-hybridized carbons (Fsp3) is 0.583. The Balaban J connectivity index is 2.19. The van der Waals surface area contributed by atoms with Crippen molar-refractivity contribution < 1.29 is 13.2 Å².